The van der Waals surface area contributed by atoms with E-state index >= 15 is 0 Å². The Balaban J connectivity index is 2.53. The van der Waals surface area contributed by atoms with Gasteiger partial charge >= 0.3 is 12.1 Å². The highest BCUT2D eigenvalue weighted by Crippen LogP contribution is 2.39. The number of nitrogens with zero attached hydrogens (tertiary/aromatic N) is 1. The lowest BCUT2D eigenvalue weighted by atomic mass is 9.97. The van der Waals surface area contributed by atoms with E-state index in [4.69, 9.17) is 9.47 Å². The molecule has 0 saturated heterocycles. The summed E-state index contributed by atoms with van der Waals surface area (Å²) in [5, 5.41) is 0.522. The molecule has 0 aliphatic rings. The fourth-order valence-electron chi connectivity index (χ4n) is 2.90. The molecule has 0 radical (unpaired) electrons. The first-order valence-electron chi connectivity index (χ1n) is 9.52. The Hall–Kier alpha value is -1.67. The van der Waals surface area contributed by atoms with Gasteiger partial charge in [-0.1, -0.05) is 0 Å². The van der Waals surface area contributed by atoms with Gasteiger partial charge in [0.1, 0.15) is 18.4 Å². The number of ether oxygens (including phenoxy) is 2. The highest BCUT2D eigenvalue weighted by atomic mass is 79.9. The molecule has 0 fully saturated rings. The fourth-order valence-corrected chi connectivity index (χ4v) is 3.80. The van der Waals surface area contributed by atoms with E-state index < -0.39 is 29.0 Å². The standard InChI is InChI=1S/C22H27BrF3NO3/c1-12-10-14-13(8-9-16(27-14)22(24,25)26)18(23)17(12)15(30-21(5,6)7)11-29-19(28)20(2,3)4/h8-10,15H,11H2,1-7H3. The smallest absolute Gasteiger partial charge is 0.433 e. The summed E-state index contributed by atoms with van der Waals surface area (Å²) in [5.41, 5.74) is -0.546. The Morgan fingerprint density at radius 3 is 2.23 bits per heavy atom. The van der Waals surface area contributed by atoms with E-state index in [1.165, 1.54) is 6.07 Å². The number of aryl methyl sites for hydroxylation is 1. The number of fused-ring (bicyclic) bond motifs is 1. The van der Waals surface area contributed by atoms with Gasteiger partial charge in [-0.05, 0) is 88.2 Å². The number of benzene rings is 1. The van der Waals surface area contributed by atoms with Crippen LogP contribution in [0.15, 0.2) is 22.7 Å². The van der Waals surface area contributed by atoms with Gasteiger partial charge < -0.3 is 9.47 Å². The third-order valence-corrected chi connectivity index (χ3v) is 5.12. The van der Waals surface area contributed by atoms with Crippen molar-refractivity contribution in [1.82, 2.24) is 4.98 Å². The lowest BCUT2D eigenvalue weighted by Crippen LogP contribution is -2.30. The van der Waals surface area contributed by atoms with Crippen LogP contribution in [0.25, 0.3) is 10.9 Å². The maximum absolute atomic E-state index is 13.0. The number of halogens is 4. The Morgan fingerprint density at radius 1 is 1.13 bits per heavy atom. The molecule has 4 nitrogen and oxygen atoms in total. The Bertz CT molecular complexity index is 944. The second-order valence-electron chi connectivity index (χ2n) is 9.25. The van der Waals surface area contributed by atoms with Crippen molar-refractivity contribution in [3.63, 3.8) is 0 Å². The van der Waals surface area contributed by atoms with Crippen molar-refractivity contribution >= 4 is 32.8 Å². The number of hydrogen-bond acceptors (Lipinski definition) is 4. The molecule has 0 amide bonds. The number of aromatic nitrogens is 1. The normalized spacial score (nSPS) is 14.1. The largest absolute Gasteiger partial charge is 0.462 e. The van der Waals surface area contributed by atoms with Crippen molar-refractivity contribution in [1.29, 1.82) is 0 Å². The van der Waals surface area contributed by atoms with Gasteiger partial charge in [-0.15, -0.1) is 0 Å². The van der Waals surface area contributed by atoms with E-state index in [1.54, 1.807) is 33.8 Å². The number of alkyl halides is 3. The average Bonchev–Trinajstić information content (AvgIpc) is 2.55. The molecular formula is C22H27BrF3NO3. The molecule has 0 aliphatic carbocycles. The minimum Gasteiger partial charge on any atom is -0.462 e. The lowest BCUT2D eigenvalue weighted by molar-refractivity contribution is -0.162. The van der Waals surface area contributed by atoms with Crippen molar-refractivity contribution < 1.29 is 27.4 Å². The van der Waals surface area contributed by atoms with E-state index in [0.29, 0.717) is 21.0 Å². The zero-order chi connectivity index (χ0) is 23.1. The molecule has 166 valence electrons. The van der Waals surface area contributed by atoms with Crippen LogP contribution in [0, 0.1) is 12.3 Å². The van der Waals surface area contributed by atoms with Crippen LogP contribution in [0.5, 0.6) is 0 Å². The van der Waals surface area contributed by atoms with Gasteiger partial charge in [0.15, 0.2) is 0 Å². The van der Waals surface area contributed by atoms with Gasteiger partial charge in [-0.2, -0.15) is 13.2 Å². The van der Waals surface area contributed by atoms with E-state index in [1.807, 2.05) is 20.8 Å². The van der Waals surface area contributed by atoms with Crippen LogP contribution in [-0.2, 0) is 20.4 Å². The first-order valence-corrected chi connectivity index (χ1v) is 10.3. The number of carbonyl (C=O) groups is 1. The van der Waals surface area contributed by atoms with E-state index in [9.17, 15) is 18.0 Å². The molecule has 0 spiro atoms. The zero-order valence-corrected chi connectivity index (χ0v) is 19.8. The molecular weight excluding hydrogens is 463 g/mol. The predicted molar refractivity (Wildman–Crippen MR) is 113 cm³/mol. The average molecular weight is 490 g/mol. The van der Waals surface area contributed by atoms with Crippen molar-refractivity contribution in [2.75, 3.05) is 6.61 Å². The third kappa shape index (κ3) is 5.94. The molecule has 2 aromatic rings. The molecule has 1 unspecified atom stereocenters. The minimum absolute atomic E-state index is 0.0214. The summed E-state index contributed by atoms with van der Waals surface area (Å²) >= 11 is 3.52. The monoisotopic (exact) mass is 489 g/mol. The van der Waals surface area contributed by atoms with E-state index in [-0.39, 0.29) is 18.1 Å². The Labute approximate surface area is 183 Å². The molecule has 0 N–H and O–H groups in total. The molecule has 1 atom stereocenters. The second-order valence-corrected chi connectivity index (χ2v) is 10.0. The van der Waals surface area contributed by atoms with Crippen molar-refractivity contribution in [3.05, 3.63) is 39.5 Å². The van der Waals surface area contributed by atoms with Crippen LogP contribution >= 0.6 is 15.9 Å². The predicted octanol–water partition coefficient (Wildman–Crippen LogP) is 6.77. The number of pyridine rings is 1. The Kier molecular flexibility index (Phi) is 6.94. The summed E-state index contributed by atoms with van der Waals surface area (Å²) in [6, 6.07) is 3.92. The topological polar surface area (TPSA) is 48.4 Å². The molecule has 30 heavy (non-hydrogen) atoms. The van der Waals surface area contributed by atoms with E-state index in [2.05, 4.69) is 20.9 Å². The van der Waals surface area contributed by atoms with Gasteiger partial charge in [-0.25, -0.2) is 4.98 Å². The first-order chi connectivity index (χ1) is 13.5. The molecule has 1 aromatic heterocycles. The summed E-state index contributed by atoms with van der Waals surface area (Å²) in [5.74, 6) is -0.365. The van der Waals surface area contributed by atoms with Crippen LogP contribution in [-0.4, -0.2) is 23.2 Å². The number of carbonyl (C=O) groups excluding carboxylic acids is 1. The number of hydrogen-bond donors (Lipinski definition) is 0. The summed E-state index contributed by atoms with van der Waals surface area (Å²) in [4.78, 5) is 16.0. The third-order valence-electron chi connectivity index (χ3n) is 4.26. The summed E-state index contributed by atoms with van der Waals surface area (Å²) in [6.45, 7) is 12.7. The van der Waals surface area contributed by atoms with Crippen molar-refractivity contribution in [3.8, 4) is 0 Å². The molecule has 2 rings (SSSR count). The molecule has 1 heterocycles. The first kappa shape index (κ1) is 24.6. The van der Waals surface area contributed by atoms with Crippen LogP contribution in [0.3, 0.4) is 0 Å². The SMILES string of the molecule is Cc1cc2nc(C(F)(F)F)ccc2c(Br)c1C(COC(=O)C(C)(C)C)OC(C)(C)C. The van der Waals surface area contributed by atoms with Crippen molar-refractivity contribution in [2.24, 2.45) is 5.41 Å². The van der Waals surface area contributed by atoms with Gasteiger partial charge in [0.05, 0.1) is 16.5 Å². The molecule has 8 heteroatoms. The second kappa shape index (κ2) is 8.46. The van der Waals surface area contributed by atoms with E-state index in [0.717, 1.165) is 6.07 Å². The number of rotatable bonds is 4. The quantitative estimate of drug-likeness (QED) is 0.444. The summed E-state index contributed by atoms with van der Waals surface area (Å²) < 4.78 is 51.4. The van der Waals surface area contributed by atoms with Gasteiger partial charge in [0, 0.05) is 15.4 Å². The van der Waals surface area contributed by atoms with Gasteiger partial charge in [-0.3, -0.25) is 4.79 Å². The molecule has 1 aromatic carbocycles. The lowest BCUT2D eigenvalue weighted by Gasteiger charge is -2.30. The zero-order valence-electron chi connectivity index (χ0n) is 18.2. The highest BCUT2D eigenvalue weighted by Gasteiger charge is 2.33. The van der Waals surface area contributed by atoms with Gasteiger partial charge in [0.25, 0.3) is 0 Å². The van der Waals surface area contributed by atoms with Crippen LogP contribution in [0.4, 0.5) is 13.2 Å². The summed E-state index contributed by atoms with van der Waals surface area (Å²) in [7, 11) is 0. The van der Waals surface area contributed by atoms with Crippen LogP contribution < -0.4 is 0 Å². The van der Waals surface area contributed by atoms with Crippen LogP contribution in [0.2, 0.25) is 0 Å². The van der Waals surface area contributed by atoms with Crippen LogP contribution in [0.1, 0.15) is 64.5 Å². The highest BCUT2D eigenvalue weighted by molar-refractivity contribution is 9.10. The number of esters is 1. The maximum atomic E-state index is 13.0. The molecule has 0 aliphatic heterocycles. The minimum atomic E-state index is -4.52. The molecule has 0 bridgehead atoms. The Morgan fingerprint density at radius 2 is 1.73 bits per heavy atom. The fraction of sp³-hybridized carbons (Fsp3) is 0.545. The summed E-state index contributed by atoms with van der Waals surface area (Å²) in [6.07, 6.45) is -5.14. The molecule has 0 saturated carbocycles. The van der Waals surface area contributed by atoms with Crippen molar-refractivity contribution in [2.45, 2.75) is 66.3 Å². The maximum Gasteiger partial charge on any atom is 0.433 e. The van der Waals surface area contributed by atoms with Gasteiger partial charge in [0.2, 0.25) is 0 Å².